The standard InChI is InChI=1S/C16H21N3O2/c1-14(13-20)16(17-21)12-19-9-7-18(8-10-19)11-15-5-3-2-4-6-15/h2-6,16H,7-12H2,1H3. The van der Waals surface area contributed by atoms with Crippen LogP contribution in [0.3, 0.4) is 0 Å². The van der Waals surface area contributed by atoms with Crippen LogP contribution in [0.25, 0.3) is 0 Å². The predicted molar refractivity (Wildman–Crippen MR) is 82.6 cm³/mol. The molecule has 0 radical (unpaired) electrons. The minimum atomic E-state index is -0.567. The van der Waals surface area contributed by atoms with Crippen molar-refractivity contribution in [3.8, 4) is 0 Å². The van der Waals surface area contributed by atoms with Crippen LogP contribution in [0.2, 0.25) is 0 Å². The second-order valence-electron chi connectivity index (χ2n) is 5.47. The Hall–Kier alpha value is -1.81. The molecule has 0 bridgehead atoms. The van der Waals surface area contributed by atoms with Gasteiger partial charge in [0.1, 0.15) is 12.0 Å². The summed E-state index contributed by atoms with van der Waals surface area (Å²) < 4.78 is 0. The van der Waals surface area contributed by atoms with Crippen LogP contribution in [0.15, 0.2) is 41.1 Å². The number of nitrogens with zero attached hydrogens (tertiary/aromatic N) is 3. The molecule has 1 aliphatic rings. The molecule has 0 aromatic heterocycles. The quantitative estimate of drug-likeness (QED) is 0.590. The number of rotatable bonds is 6. The summed E-state index contributed by atoms with van der Waals surface area (Å²) in [5.74, 6) is 1.78. The van der Waals surface area contributed by atoms with E-state index in [1.165, 1.54) is 5.56 Å². The van der Waals surface area contributed by atoms with Crippen molar-refractivity contribution in [2.24, 2.45) is 5.18 Å². The number of carbonyl (C=O) groups excluding carboxylic acids is 1. The van der Waals surface area contributed by atoms with E-state index < -0.39 is 6.04 Å². The van der Waals surface area contributed by atoms with Gasteiger partial charge in [-0.05, 0) is 12.5 Å². The summed E-state index contributed by atoms with van der Waals surface area (Å²) in [7, 11) is 0. The van der Waals surface area contributed by atoms with Gasteiger partial charge in [0.05, 0.1) is 0 Å². The Morgan fingerprint density at radius 3 is 2.38 bits per heavy atom. The summed E-state index contributed by atoms with van der Waals surface area (Å²) in [4.78, 5) is 26.0. The van der Waals surface area contributed by atoms with Gasteiger partial charge in [0, 0.05) is 44.8 Å². The summed E-state index contributed by atoms with van der Waals surface area (Å²) in [5, 5.41) is 3.03. The molecule has 1 fully saturated rings. The highest BCUT2D eigenvalue weighted by Gasteiger charge is 2.21. The lowest BCUT2D eigenvalue weighted by Gasteiger charge is -2.35. The van der Waals surface area contributed by atoms with Crippen LogP contribution < -0.4 is 0 Å². The van der Waals surface area contributed by atoms with Crippen molar-refractivity contribution in [2.45, 2.75) is 19.5 Å². The SMILES string of the molecule is CC(=C=O)C(CN1CCN(Cc2ccccc2)CC1)N=O. The van der Waals surface area contributed by atoms with Gasteiger partial charge in [-0.3, -0.25) is 9.80 Å². The number of benzene rings is 1. The first-order valence-electron chi connectivity index (χ1n) is 7.25. The third-order valence-electron chi connectivity index (χ3n) is 3.93. The number of hydrogen-bond donors (Lipinski definition) is 0. The smallest absolute Gasteiger partial charge is 0.136 e. The van der Waals surface area contributed by atoms with Gasteiger partial charge >= 0.3 is 0 Å². The zero-order chi connectivity index (χ0) is 15.1. The van der Waals surface area contributed by atoms with Gasteiger partial charge in [0.15, 0.2) is 0 Å². The van der Waals surface area contributed by atoms with Gasteiger partial charge in [0.25, 0.3) is 0 Å². The van der Waals surface area contributed by atoms with Crippen LogP contribution in [0.1, 0.15) is 12.5 Å². The van der Waals surface area contributed by atoms with Crippen molar-refractivity contribution in [1.82, 2.24) is 9.80 Å². The van der Waals surface area contributed by atoms with Crippen molar-refractivity contribution in [3.63, 3.8) is 0 Å². The van der Waals surface area contributed by atoms with E-state index in [2.05, 4.69) is 39.2 Å². The topological polar surface area (TPSA) is 53.0 Å². The molecule has 1 unspecified atom stereocenters. The zero-order valence-electron chi connectivity index (χ0n) is 12.4. The van der Waals surface area contributed by atoms with Gasteiger partial charge in [0.2, 0.25) is 0 Å². The molecular formula is C16H21N3O2. The van der Waals surface area contributed by atoms with Gasteiger partial charge in [-0.15, -0.1) is 0 Å². The van der Waals surface area contributed by atoms with E-state index in [4.69, 9.17) is 0 Å². The van der Waals surface area contributed by atoms with Crippen molar-refractivity contribution in [3.05, 3.63) is 46.4 Å². The van der Waals surface area contributed by atoms with Crippen molar-refractivity contribution in [2.75, 3.05) is 32.7 Å². The normalized spacial score (nSPS) is 18.0. The van der Waals surface area contributed by atoms with E-state index >= 15 is 0 Å². The molecule has 1 aromatic rings. The van der Waals surface area contributed by atoms with Crippen LogP contribution in [-0.4, -0.2) is 54.5 Å². The van der Waals surface area contributed by atoms with Crippen molar-refractivity contribution in [1.29, 1.82) is 0 Å². The van der Waals surface area contributed by atoms with E-state index in [-0.39, 0.29) is 0 Å². The van der Waals surface area contributed by atoms with Crippen LogP contribution in [0, 0.1) is 4.91 Å². The summed E-state index contributed by atoms with van der Waals surface area (Å²) in [6.07, 6.45) is 0. The molecule has 112 valence electrons. The van der Waals surface area contributed by atoms with Crippen LogP contribution in [0.5, 0.6) is 0 Å². The Labute approximate surface area is 125 Å². The van der Waals surface area contributed by atoms with Crippen LogP contribution >= 0.6 is 0 Å². The highest BCUT2D eigenvalue weighted by molar-refractivity contribution is 5.53. The van der Waals surface area contributed by atoms with Crippen molar-refractivity contribution >= 4 is 5.94 Å². The highest BCUT2D eigenvalue weighted by atomic mass is 16.3. The van der Waals surface area contributed by atoms with E-state index in [9.17, 15) is 9.70 Å². The maximum absolute atomic E-state index is 10.8. The van der Waals surface area contributed by atoms with Crippen LogP contribution in [0.4, 0.5) is 0 Å². The maximum atomic E-state index is 10.8. The molecule has 5 heteroatoms. The first-order chi connectivity index (χ1) is 10.2. The molecule has 1 atom stereocenters. The third kappa shape index (κ3) is 4.60. The average molecular weight is 287 g/mol. The Morgan fingerprint density at radius 2 is 1.81 bits per heavy atom. The molecule has 0 amide bonds. The Balaban J connectivity index is 1.80. The summed E-state index contributed by atoms with van der Waals surface area (Å²) >= 11 is 0. The maximum Gasteiger partial charge on any atom is 0.136 e. The first kappa shape index (κ1) is 15.6. The molecule has 0 saturated carbocycles. The third-order valence-corrected chi connectivity index (χ3v) is 3.93. The Bertz CT molecular complexity index is 504. The fraction of sp³-hybridized carbons (Fsp3) is 0.500. The predicted octanol–water partition coefficient (Wildman–Crippen LogP) is 1.72. The van der Waals surface area contributed by atoms with Crippen LogP contribution in [-0.2, 0) is 11.3 Å². The second kappa shape index (κ2) is 7.84. The Kier molecular flexibility index (Phi) is 5.81. The molecular weight excluding hydrogens is 266 g/mol. The lowest BCUT2D eigenvalue weighted by Crippen LogP contribution is -2.48. The van der Waals surface area contributed by atoms with Gasteiger partial charge in [-0.1, -0.05) is 35.5 Å². The summed E-state index contributed by atoms with van der Waals surface area (Å²) in [5.41, 5.74) is 1.70. The first-order valence-corrected chi connectivity index (χ1v) is 7.25. The summed E-state index contributed by atoms with van der Waals surface area (Å²) in [6, 6.07) is 9.84. The molecule has 5 nitrogen and oxygen atoms in total. The monoisotopic (exact) mass is 287 g/mol. The molecule has 21 heavy (non-hydrogen) atoms. The number of piperazine rings is 1. The second-order valence-corrected chi connectivity index (χ2v) is 5.47. The highest BCUT2D eigenvalue weighted by Crippen LogP contribution is 2.11. The molecule has 0 N–H and O–H groups in total. The molecule has 1 heterocycles. The minimum Gasteiger partial charge on any atom is -0.298 e. The van der Waals surface area contributed by atoms with Gasteiger partial charge in [-0.25, -0.2) is 4.79 Å². The van der Waals surface area contributed by atoms with Gasteiger partial charge in [-0.2, -0.15) is 4.91 Å². The lowest BCUT2D eigenvalue weighted by atomic mass is 10.1. The van der Waals surface area contributed by atoms with E-state index in [0.29, 0.717) is 12.1 Å². The van der Waals surface area contributed by atoms with E-state index in [1.54, 1.807) is 12.9 Å². The fourth-order valence-electron chi connectivity index (χ4n) is 2.53. The number of nitroso groups, excluding NO2 is 1. The molecule has 2 rings (SSSR count). The van der Waals surface area contributed by atoms with E-state index in [0.717, 1.165) is 32.7 Å². The molecule has 0 spiro atoms. The minimum absolute atomic E-state index is 0.386. The average Bonchev–Trinajstić information content (AvgIpc) is 2.54. The van der Waals surface area contributed by atoms with Gasteiger partial charge < -0.3 is 0 Å². The largest absolute Gasteiger partial charge is 0.298 e. The van der Waals surface area contributed by atoms with Crippen molar-refractivity contribution < 1.29 is 4.79 Å². The Morgan fingerprint density at radius 1 is 1.19 bits per heavy atom. The molecule has 0 aliphatic carbocycles. The lowest BCUT2D eigenvalue weighted by molar-refractivity contribution is 0.125. The molecule has 1 aliphatic heterocycles. The summed E-state index contributed by atoms with van der Waals surface area (Å²) in [6.45, 7) is 6.80. The fourth-order valence-corrected chi connectivity index (χ4v) is 2.53. The molecule has 1 aromatic carbocycles. The number of hydrogen-bond acceptors (Lipinski definition) is 5. The zero-order valence-corrected chi connectivity index (χ0v) is 12.4. The van der Waals surface area contributed by atoms with E-state index in [1.807, 2.05) is 6.07 Å². The molecule has 1 saturated heterocycles.